The molecular formula is C22H19NO2S2. The van der Waals surface area contributed by atoms with Gasteiger partial charge in [0.15, 0.2) is 0 Å². The van der Waals surface area contributed by atoms with Gasteiger partial charge in [0, 0.05) is 10.5 Å². The van der Waals surface area contributed by atoms with Gasteiger partial charge in [0.25, 0.3) is 0 Å². The molecule has 136 valence electrons. The standard InChI is InChI=1S/C22H19NO2S2/c1-22(2,3)15-11-9-14(10-12-15)18-17(13-23)21(27-19(18)20(24)25)26-16-7-5-4-6-8-16/h4-12H,1-3H3,(H,24,25). The van der Waals surface area contributed by atoms with E-state index in [1.807, 2.05) is 54.6 Å². The Kier molecular flexibility index (Phi) is 5.41. The average molecular weight is 394 g/mol. The summed E-state index contributed by atoms with van der Waals surface area (Å²) in [5, 5.41) is 19.5. The van der Waals surface area contributed by atoms with E-state index in [2.05, 4.69) is 26.8 Å². The van der Waals surface area contributed by atoms with Crippen LogP contribution in [0.1, 0.15) is 41.6 Å². The molecule has 3 aromatic rings. The zero-order valence-electron chi connectivity index (χ0n) is 15.3. The average Bonchev–Trinajstić information content (AvgIpc) is 3.00. The maximum atomic E-state index is 11.8. The van der Waals surface area contributed by atoms with Gasteiger partial charge in [-0.15, -0.1) is 11.3 Å². The minimum absolute atomic E-state index is 0.00911. The number of carboxylic acid groups (broad SMARTS) is 1. The maximum Gasteiger partial charge on any atom is 0.346 e. The van der Waals surface area contributed by atoms with Crippen molar-refractivity contribution in [1.82, 2.24) is 0 Å². The summed E-state index contributed by atoms with van der Waals surface area (Å²) in [6.07, 6.45) is 0. The van der Waals surface area contributed by atoms with Gasteiger partial charge in [-0.25, -0.2) is 4.79 Å². The molecule has 0 radical (unpaired) electrons. The number of rotatable bonds is 4. The van der Waals surface area contributed by atoms with E-state index >= 15 is 0 Å². The predicted molar refractivity (Wildman–Crippen MR) is 111 cm³/mol. The molecule has 1 heterocycles. The third-order valence-electron chi connectivity index (χ3n) is 4.18. The van der Waals surface area contributed by atoms with E-state index in [4.69, 9.17) is 0 Å². The Labute approximate surface area is 167 Å². The van der Waals surface area contributed by atoms with E-state index in [9.17, 15) is 15.2 Å². The second-order valence-electron chi connectivity index (χ2n) is 7.13. The van der Waals surface area contributed by atoms with Gasteiger partial charge >= 0.3 is 5.97 Å². The van der Waals surface area contributed by atoms with Crippen LogP contribution in [-0.4, -0.2) is 11.1 Å². The predicted octanol–water partition coefficient (Wildman–Crippen LogP) is 6.43. The fourth-order valence-corrected chi connectivity index (χ4v) is 5.05. The van der Waals surface area contributed by atoms with Crippen molar-refractivity contribution in [2.75, 3.05) is 0 Å². The molecule has 0 aliphatic rings. The topological polar surface area (TPSA) is 61.1 Å². The number of hydrogen-bond acceptors (Lipinski definition) is 4. The third kappa shape index (κ3) is 4.08. The molecule has 0 amide bonds. The monoisotopic (exact) mass is 393 g/mol. The third-order valence-corrected chi connectivity index (χ3v) is 6.55. The molecule has 0 aliphatic carbocycles. The summed E-state index contributed by atoms with van der Waals surface area (Å²) in [7, 11) is 0. The number of hydrogen-bond donors (Lipinski definition) is 1. The van der Waals surface area contributed by atoms with Crippen molar-refractivity contribution in [2.45, 2.75) is 35.3 Å². The molecule has 3 rings (SSSR count). The first kappa shape index (κ1) is 19.2. The highest BCUT2D eigenvalue weighted by Crippen LogP contribution is 2.44. The molecule has 0 unspecified atom stereocenters. The van der Waals surface area contributed by atoms with Crippen LogP contribution in [-0.2, 0) is 5.41 Å². The molecule has 0 saturated carbocycles. The molecule has 0 aliphatic heterocycles. The largest absolute Gasteiger partial charge is 0.477 e. The van der Waals surface area contributed by atoms with E-state index in [0.717, 1.165) is 27.4 Å². The summed E-state index contributed by atoms with van der Waals surface area (Å²) in [5.41, 5.74) is 2.86. The van der Waals surface area contributed by atoms with Crippen LogP contribution in [0.15, 0.2) is 63.7 Å². The molecule has 5 heteroatoms. The maximum absolute atomic E-state index is 11.8. The Hall–Kier alpha value is -2.55. The fourth-order valence-electron chi connectivity index (χ4n) is 2.74. The zero-order valence-corrected chi connectivity index (χ0v) is 16.9. The number of carbonyl (C=O) groups is 1. The molecule has 0 spiro atoms. The molecule has 0 fully saturated rings. The SMILES string of the molecule is CC(C)(C)c1ccc(-c2c(C(=O)O)sc(Sc3ccccc3)c2C#N)cc1. The number of nitrogens with zero attached hydrogens (tertiary/aromatic N) is 1. The highest BCUT2D eigenvalue weighted by molar-refractivity contribution is 8.01. The number of aromatic carboxylic acids is 1. The summed E-state index contributed by atoms with van der Waals surface area (Å²) < 4.78 is 0.705. The van der Waals surface area contributed by atoms with Crippen LogP contribution < -0.4 is 0 Å². The van der Waals surface area contributed by atoms with Crippen LogP contribution in [0.3, 0.4) is 0 Å². The van der Waals surface area contributed by atoms with E-state index in [1.54, 1.807) is 0 Å². The van der Waals surface area contributed by atoms with E-state index in [0.29, 0.717) is 15.3 Å². The van der Waals surface area contributed by atoms with E-state index in [-0.39, 0.29) is 10.3 Å². The summed E-state index contributed by atoms with van der Waals surface area (Å²) in [4.78, 5) is 13.0. The lowest BCUT2D eigenvalue weighted by molar-refractivity contribution is 0.0703. The van der Waals surface area contributed by atoms with Crippen molar-refractivity contribution in [2.24, 2.45) is 0 Å². The number of carboxylic acids is 1. The Morgan fingerprint density at radius 3 is 2.22 bits per heavy atom. The molecule has 1 N–H and O–H groups in total. The molecule has 0 atom stereocenters. The van der Waals surface area contributed by atoms with Crippen LogP contribution in [0.4, 0.5) is 0 Å². The number of nitriles is 1. The molecule has 0 bridgehead atoms. The first-order valence-corrected chi connectivity index (χ1v) is 10.1. The lowest BCUT2D eigenvalue weighted by atomic mass is 9.86. The number of thiophene rings is 1. The summed E-state index contributed by atoms with van der Waals surface area (Å²) >= 11 is 2.59. The normalized spacial score (nSPS) is 11.2. The molecular weight excluding hydrogens is 374 g/mol. The minimum atomic E-state index is -1.01. The molecule has 3 nitrogen and oxygen atoms in total. The molecule has 2 aromatic carbocycles. The van der Waals surface area contributed by atoms with Crippen molar-refractivity contribution in [1.29, 1.82) is 5.26 Å². The lowest BCUT2D eigenvalue weighted by Gasteiger charge is -2.19. The highest BCUT2D eigenvalue weighted by Gasteiger charge is 2.25. The lowest BCUT2D eigenvalue weighted by Crippen LogP contribution is -2.10. The van der Waals surface area contributed by atoms with Crippen molar-refractivity contribution in [3.8, 4) is 17.2 Å². The van der Waals surface area contributed by atoms with Crippen molar-refractivity contribution in [3.05, 3.63) is 70.6 Å². The minimum Gasteiger partial charge on any atom is -0.477 e. The molecule has 0 saturated heterocycles. The highest BCUT2D eigenvalue weighted by atomic mass is 32.2. The molecule has 27 heavy (non-hydrogen) atoms. The van der Waals surface area contributed by atoms with Crippen LogP contribution in [0.25, 0.3) is 11.1 Å². The summed E-state index contributed by atoms with van der Waals surface area (Å²) in [5.74, 6) is -1.01. The first-order valence-electron chi connectivity index (χ1n) is 8.45. The van der Waals surface area contributed by atoms with Gasteiger partial charge in [0.1, 0.15) is 10.9 Å². The van der Waals surface area contributed by atoms with Crippen LogP contribution in [0, 0.1) is 11.3 Å². The summed E-state index contributed by atoms with van der Waals surface area (Å²) in [6.45, 7) is 6.39. The van der Waals surface area contributed by atoms with Gasteiger partial charge in [0.05, 0.1) is 9.77 Å². The first-order chi connectivity index (χ1) is 12.8. The quantitative estimate of drug-likeness (QED) is 0.554. The summed E-state index contributed by atoms with van der Waals surface area (Å²) in [6, 6.07) is 19.7. The van der Waals surface area contributed by atoms with Crippen LogP contribution in [0.2, 0.25) is 0 Å². The second-order valence-corrected chi connectivity index (χ2v) is 9.49. The Bertz CT molecular complexity index is 1010. The van der Waals surface area contributed by atoms with Gasteiger partial charge in [-0.1, -0.05) is 75.0 Å². The molecule has 1 aromatic heterocycles. The smallest absolute Gasteiger partial charge is 0.346 e. The number of benzene rings is 2. The van der Waals surface area contributed by atoms with Gasteiger partial charge in [-0.3, -0.25) is 0 Å². The van der Waals surface area contributed by atoms with Gasteiger partial charge < -0.3 is 5.11 Å². The van der Waals surface area contributed by atoms with Gasteiger partial charge in [0.2, 0.25) is 0 Å². The Morgan fingerprint density at radius 2 is 1.70 bits per heavy atom. The van der Waals surface area contributed by atoms with Gasteiger partial charge in [-0.05, 0) is 28.7 Å². The van der Waals surface area contributed by atoms with E-state index < -0.39 is 5.97 Å². The second kappa shape index (κ2) is 7.59. The van der Waals surface area contributed by atoms with Crippen LogP contribution >= 0.6 is 23.1 Å². The van der Waals surface area contributed by atoms with Gasteiger partial charge in [-0.2, -0.15) is 5.26 Å². The van der Waals surface area contributed by atoms with Crippen molar-refractivity contribution in [3.63, 3.8) is 0 Å². The zero-order chi connectivity index (χ0) is 19.6. The van der Waals surface area contributed by atoms with Crippen molar-refractivity contribution < 1.29 is 9.90 Å². The Morgan fingerprint density at radius 1 is 1.07 bits per heavy atom. The Balaban J connectivity index is 2.11. The van der Waals surface area contributed by atoms with Crippen LogP contribution in [0.5, 0.6) is 0 Å². The fraction of sp³-hybridized carbons (Fsp3) is 0.182. The van der Waals surface area contributed by atoms with E-state index in [1.165, 1.54) is 11.8 Å². The van der Waals surface area contributed by atoms with Crippen molar-refractivity contribution >= 4 is 29.1 Å².